The summed E-state index contributed by atoms with van der Waals surface area (Å²) in [4.78, 5) is 29.6. The van der Waals surface area contributed by atoms with Crippen molar-refractivity contribution in [3.8, 4) is 17.2 Å². The van der Waals surface area contributed by atoms with E-state index in [0.717, 1.165) is 24.6 Å². The zero-order chi connectivity index (χ0) is 34.4. The first-order valence-electron chi connectivity index (χ1n) is 14.6. The number of likely N-dealkylation sites (N-methyl/N-ethyl adjacent to an activating group) is 1. The molecule has 1 heterocycles. The first-order valence-corrected chi connectivity index (χ1v) is 16.4. The number of halogens is 4. The van der Waals surface area contributed by atoms with Crippen LogP contribution in [0.25, 0.3) is 0 Å². The molecular formula is C32H33ClF3N3O7S. The van der Waals surface area contributed by atoms with Gasteiger partial charge in [-0.3, -0.25) is 14.9 Å². The lowest BCUT2D eigenvalue weighted by molar-refractivity contribution is -0.275. The van der Waals surface area contributed by atoms with Crippen LogP contribution in [-0.4, -0.2) is 65.3 Å². The normalized spacial score (nSPS) is 19.2. The highest BCUT2D eigenvalue weighted by molar-refractivity contribution is 7.93. The quantitative estimate of drug-likeness (QED) is 0.307. The summed E-state index contributed by atoms with van der Waals surface area (Å²) in [5.41, 5.74) is -3.41. The van der Waals surface area contributed by atoms with Crippen molar-refractivity contribution in [2.75, 3.05) is 32.6 Å². The van der Waals surface area contributed by atoms with Crippen LogP contribution >= 0.6 is 11.6 Å². The summed E-state index contributed by atoms with van der Waals surface area (Å²) in [6, 6.07) is 13.2. The molecule has 15 heteroatoms. The number of ether oxygens (including phenoxy) is 3. The van der Waals surface area contributed by atoms with Crippen LogP contribution in [0.2, 0.25) is 5.02 Å². The molecule has 1 fully saturated rings. The van der Waals surface area contributed by atoms with Crippen LogP contribution in [0.4, 0.5) is 18.9 Å². The van der Waals surface area contributed by atoms with E-state index in [1.165, 1.54) is 37.3 Å². The Balaban J connectivity index is 1.83. The smallest absolute Gasteiger partial charge is 0.497 e. The van der Waals surface area contributed by atoms with E-state index in [9.17, 15) is 26.4 Å². The van der Waals surface area contributed by atoms with Crippen molar-refractivity contribution in [1.29, 1.82) is 0 Å². The lowest BCUT2D eigenvalue weighted by atomic mass is 9.75. The zero-order valence-electron chi connectivity index (χ0n) is 26.0. The maximum atomic E-state index is 15.2. The van der Waals surface area contributed by atoms with Gasteiger partial charge in [0.05, 0.1) is 25.4 Å². The topological polar surface area (TPSA) is 114 Å². The molecule has 3 aromatic carbocycles. The van der Waals surface area contributed by atoms with Crippen molar-refractivity contribution in [3.05, 3.63) is 76.8 Å². The molecule has 0 radical (unpaired) electrons. The number of alkyl halides is 3. The van der Waals surface area contributed by atoms with Gasteiger partial charge in [0.2, 0.25) is 5.91 Å². The van der Waals surface area contributed by atoms with E-state index in [1.807, 2.05) is 0 Å². The van der Waals surface area contributed by atoms with Gasteiger partial charge in [0.1, 0.15) is 16.4 Å². The summed E-state index contributed by atoms with van der Waals surface area (Å²) in [6.07, 6.45) is -2.53. The molecule has 2 aliphatic rings. The minimum absolute atomic E-state index is 0.0615. The van der Waals surface area contributed by atoms with Gasteiger partial charge in [-0.15, -0.1) is 13.2 Å². The second kappa shape index (κ2) is 12.5. The number of hydrogen-bond donors (Lipinski definition) is 1. The monoisotopic (exact) mass is 695 g/mol. The van der Waals surface area contributed by atoms with E-state index in [1.54, 1.807) is 38.4 Å². The van der Waals surface area contributed by atoms with Crippen LogP contribution in [0.3, 0.4) is 0 Å². The van der Waals surface area contributed by atoms with Crippen molar-refractivity contribution in [2.45, 2.75) is 54.4 Å². The number of carbonyl (C=O) groups excluding carboxylic acids is 2. The second-order valence-electron chi connectivity index (χ2n) is 11.5. The van der Waals surface area contributed by atoms with Crippen molar-refractivity contribution in [3.63, 3.8) is 0 Å². The number of fused-ring (bicyclic) bond motifs is 1. The predicted octanol–water partition coefficient (Wildman–Crippen LogP) is 5.62. The average molecular weight is 696 g/mol. The predicted molar refractivity (Wildman–Crippen MR) is 167 cm³/mol. The molecule has 2 amide bonds. The minimum Gasteiger partial charge on any atom is -0.497 e. The number of amides is 2. The van der Waals surface area contributed by atoms with Crippen molar-refractivity contribution < 1.29 is 45.4 Å². The summed E-state index contributed by atoms with van der Waals surface area (Å²) >= 11 is 6.49. The van der Waals surface area contributed by atoms with Gasteiger partial charge in [0.25, 0.3) is 15.9 Å². The van der Waals surface area contributed by atoms with Gasteiger partial charge in [-0.25, -0.2) is 12.7 Å². The third-order valence-corrected chi connectivity index (χ3v) is 10.4. The lowest BCUT2D eigenvalue weighted by Crippen LogP contribution is -2.66. The fourth-order valence-electron chi connectivity index (χ4n) is 6.47. The largest absolute Gasteiger partial charge is 0.573 e. The summed E-state index contributed by atoms with van der Waals surface area (Å²) in [5, 5.41) is 3.50. The molecule has 252 valence electrons. The number of para-hydroxylation sites is 1. The molecule has 1 saturated carbocycles. The number of anilines is 1. The van der Waals surface area contributed by atoms with Gasteiger partial charge in [0.15, 0.2) is 11.3 Å². The van der Waals surface area contributed by atoms with E-state index in [2.05, 4.69) is 10.1 Å². The molecule has 0 spiro atoms. The molecule has 1 N–H and O–H groups in total. The van der Waals surface area contributed by atoms with Crippen LogP contribution in [0, 0.1) is 0 Å². The molecule has 1 aliphatic heterocycles. The van der Waals surface area contributed by atoms with E-state index in [-0.39, 0.29) is 39.2 Å². The van der Waals surface area contributed by atoms with E-state index < -0.39 is 44.0 Å². The molecule has 1 atom stereocenters. The van der Waals surface area contributed by atoms with Gasteiger partial charge in [-0.05, 0) is 49.2 Å². The SMILES string of the molecule is COc1ccc(S(=O)(=O)N2C(=O)C(NC3(C(=O)N(C)C)CCCCC3)(c3ccccc3OC)c3cc(Cl)ccc32)c(OC(F)(F)F)c1. The minimum atomic E-state index is -5.28. The van der Waals surface area contributed by atoms with Gasteiger partial charge >= 0.3 is 6.36 Å². The summed E-state index contributed by atoms with van der Waals surface area (Å²) in [5.74, 6) is -2.47. The Labute approximate surface area is 275 Å². The second-order valence-corrected chi connectivity index (χ2v) is 13.7. The fraction of sp³-hybridized carbons (Fsp3) is 0.375. The van der Waals surface area contributed by atoms with Crippen molar-refractivity contribution in [2.24, 2.45) is 0 Å². The summed E-state index contributed by atoms with van der Waals surface area (Å²) < 4.78 is 84.9. The number of hydrogen-bond acceptors (Lipinski definition) is 8. The van der Waals surface area contributed by atoms with E-state index >= 15 is 4.79 Å². The maximum Gasteiger partial charge on any atom is 0.573 e. The Morgan fingerprint density at radius 1 is 0.936 bits per heavy atom. The standard InChI is InChI=1S/C32H33ClF3N3O7S/c1-38(2)28(40)30(16-8-5-9-17-30)37-31(22-10-6-7-11-25(22)45-4)23-18-20(33)12-14-24(23)39(29(31)41)47(42,43)27-15-13-21(44-3)19-26(27)46-32(34,35)36/h6-7,10-15,18-19,37H,5,8-9,16-17H2,1-4H3. The van der Waals surface area contributed by atoms with E-state index in [0.29, 0.717) is 30.0 Å². The van der Waals surface area contributed by atoms with Crippen LogP contribution in [0.15, 0.2) is 65.6 Å². The number of nitrogens with zero attached hydrogens (tertiary/aromatic N) is 2. The number of benzene rings is 3. The van der Waals surface area contributed by atoms with Crippen molar-refractivity contribution >= 4 is 39.1 Å². The Hall–Kier alpha value is -4.01. The lowest BCUT2D eigenvalue weighted by Gasteiger charge is -2.45. The molecule has 10 nitrogen and oxygen atoms in total. The summed E-state index contributed by atoms with van der Waals surface area (Å²) in [6.45, 7) is 0. The Morgan fingerprint density at radius 3 is 2.23 bits per heavy atom. The van der Waals surface area contributed by atoms with Gasteiger partial charge in [-0.1, -0.05) is 49.1 Å². The van der Waals surface area contributed by atoms with E-state index in [4.69, 9.17) is 21.1 Å². The van der Waals surface area contributed by atoms with Gasteiger partial charge in [0, 0.05) is 36.3 Å². The molecule has 1 aliphatic carbocycles. The van der Waals surface area contributed by atoms with Gasteiger partial charge in [-0.2, -0.15) is 0 Å². The van der Waals surface area contributed by atoms with Crippen LogP contribution in [-0.2, 0) is 25.2 Å². The number of carbonyl (C=O) groups is 2. The molecule has 47 heavy (non-hydrogen) atoms. The van der Waals surface area contributed by atoms with Crippen LogP contribution in [0.5, 0.6) is 17.2 Å². The first-order chi connectivity index (χ1) is 22.1. The van der Waals surface area contributed by atoms with Crippen LogP contribution in [0.1, 0.15) is 43.2 Å². The highest BCUT2D eigenvalue weighted by Gasteiger charge is 2.61. The molecule has 5 rings (SSSR count). The van der Waals surface area contributed by atoms with Gasteiger partial charge < -0.3 is 19.1 Å². The fourth-order valence-corrected chi connectivity index (χ4v) is 8.21. The first kappa shape index (κ1) is 34.3. The van der Waals surface area contributed by atoms with Crippen molar-refractivity contribution in [1.82, 2.24) is 10.2 Å². The third-order valence-electron chi connectivity index (χ3n) is 8.44. The average Bonchev–Trinajstić information content (AvgIpc) is 3.27. The maximum absolute atomic E-state index is 15.2. The number of rotatable bonds is 9. The Bertz CT molecular complexity index is 1810. The van der Waals surface area contributed by atoms with Crippen LogP contribution < -0.4 is 23.8 Å². The molecule has 0 aromatic heterocycles. The number of sulfonamides is 1. The summed E-state index contributed by atoms with van der Waals surface area (Å²) in [7, 11) is 0.575. The Morgan fingerprint density at radius 2 is 1.62 bits per heavy atom. The Kier molecular flexibility index (Phi) is 9.16. The molecule has 0 bridgehead atoms. The molecule has 1 unspecified atom stereocenters. The molecular weight excluding hydrogens is 663 g/mol. The third kappa shape index (κ3) is 5.98. The number of methoxy groups -OCH3 is 2. The number of nitrogens with one attached hydrogen (secondary N) is 1. The zero-order valence-corrected chi connectivity index (χ0v) is 27.6. The molecule has 3 aromatic rings. The molecule has 0 saturated heterocycles. The highest BCUT2D eigenvalue weighted by Crippen LogP contribution is 2.52. The highest BCUT2D eigenvalue weighted by atomic mass is 35.5.